The zero-order valence-electron chi connectivity index (χ0n) is 16.5. The van der Waals surface area contributed by atoms with E-state index in [0.717, 1.165) is 17.0 Å². The van der Waals surface area contributed by atoms with Gasteiger partial charge in [-0.1, -0.05) is 36.0 Å². The normalized spacial score (nSPS) is 15.2. The Kier molecular flexibility index (Phi) is 6.38. The number of rotatable bonds is 7. The zero-order chi connectivity index (χ0) is 21.0. The van der Waals surface area contributed by atoms with Crippen molar-refractivity contribution in [1.29, 1.82) is 0 Å². The Morgan fingerprint density at radius 1 is 1.13 bits per heavy atom. The maximum Gasteiger partial charge on any atom is 0.243 e. The third-order valence-electron chi connectivity index (χ3n) is 4.74. The van der Waals surface area contributed by atoms with Crippen LogP contribution in [0.1, 0.15) is 5.56 Å². The summed E-state index contributed by atoms with van der Waals surface area (Å²) >= 11 is 1.48. The third kappa shape index (κ3) is 4.36. The average Bonchev–Trinajstić information content (AvgIpc) is 3.27. The summed E-state index contributed by atoms with van der Waals surface area (Å²) in [7, 11) is -1.90. The fraction of sp³-hybridized carbons (Fsp3) is 0.300. The molecule has 4 rings (SSSR count). The van der Waals surface area contributed by atoms with E-state index in [1.165, 1.54) is 16.1 Å². The second kappa shape index (κ2) is 9.17. The first-order chi connectivity index (χ1) is 14.6. The topological polar surface area (TPSA) is 86.5 Å². The molecular formula is C20H22N4O4S2. The Morgan fingerprint density at radius 3 is 2.73 bits per heavy atom. The number of para-hydroxylation sites is 2. The van der Waals surface area contributed by atoms with E-state index >= 15 is 0 Å². The van der Waals surface area contributed by atoms with Crippen LogP contribution in [0.5, 0.6) is 5.75 Å². The van der Waals surface area contributed by atoms with Gasteiger partial charge in [0.25, 0.3) is 0 Å². The Bertz CT molecular complexity index is 1110. The highest BCUT2D eigenvalue weighted by Crippen LogP contribution is 2.29. The molecule has 1 aliphatic rings. The minimum atomic E-state index is -3.52. The monoisotopic (exact) mass is 446 g/mol. The Morgan fingerprint density at radius 2 is 1.93 bits per heavy atom. The van der Waals surface area contributed by atoms with E-state index in [0.29, 0.717) is 42.1 Å². The fourth-order valence-electron chi connectivity index (χ4n) is 3.20. The van der Waals surface area contributed by atoms with Gasteiger partial charge in [0.05, 0.1) is 30.9 Å². The molecule has 1 aromatic heterocycles. The first-order valence-corrected chi connectivity index (χ1v) is 11.9. The molecular weight excluding hydrogens is 424 g/mol. The molecule has 3 aromatic rings. The van der Waals surface area contributed by atoms with Gasteiger partial charge in [-0.2, -0.15) is 4.31 Å². The second-order valence-electron chi connectivity index (χ2n) is 6.61. The molecule has 0 bridgehead atoms. The van der Waals surface area contributed by atoms with Crippen LogP contribution in [-0.4, -0.2) is 60.9 Å². The Balaban J connectivity index is 1.52. The van der Waals surface area contributed by atoms with Crippen molar-refractivity contribution < 1.29 is 17.9 Å². The molecule has 0 N–H and O–H groups in total. The van der Waals surface area contributed by atoms with Gasteiger partial charge in [0, 0.05) is 18.8 Å². The molecule has 2 aromatic carbocycles. The molecule has 1 aliphatic heterocycles. The lowest BCUT2D eigenvalue weighted by Crippen LogP contribution is -2.40. The van der Waals surface area contributed by atoms with Crippen LogP contribution in [0.25, 0.3) is 5.69 Å². The predicted octanol–water partition coefficient (Wildman–Crippen LogP) is 2.59. The average molecular weight is 447 g/mol. The van der Waals surface area contributed by atoms with Gasteiger partial charge in [0.15, 0.2) is 5.16 Å². The van der Waals surface area contributed by atoms with Crippen molar-refractivity contribution in [2.45, 2.75) is 15.8 Å². The number of thioether (sulfide) groups is 1. The summed E-state index contributed by atoms with van der Waals surface area (Å²) in [5.74, 6) is 1.28. The number of ether oxygens (including phenoxy) is 2. The standard InChI is InChI=1S/C20H22N4O4S2/c1-27-19-8-3-2-7-18(19)24-15-21-22-20(24)29-14-16-5-4-6-17(13-16)30(25,26)23-9-11-28-12-10-23/h2-8,13,15H,9-12,14H2,1H3. The summed E-state index contributed by atoms with van der Waals surface area (Å²) in [6.45, 7) is 1.60. The van der Waals surface area contributed by atoms with E-state index in [-0.39, 0.29) is 0 Å². The number of nitrogens with zero attached hydrogens (tertiary/aromatic N) is 4. The highest BCUT2D eigenvalue weighted by atomic mass is 32.2. The van der Waals surface area contributed by atoms with Gasteiger partial charge in [-0.15, -0.1) is 10.2 Å². The Hall–Kier alpha value is -2.40. The smallest absolute Gasteiger partial charge is 0.243 e. The van der Waals surface area contributed by atoms with Gasteiger partial charge in [-0.25, -0.2) is 8.42 Å². The molecule has 1 saturated heterocycles. The van der Waals surface area contributed by atoms with Crippen molar-refractivity contribution in [2.75, 3.05) is 33.4 Å². The van der Waals surface area contributed by atoms with Crippen molar-refractivity contribution in [1.82, 2.24) is 19.1 Å². The number of benzene rings is 2. The van der Waals surface area contributed by atoms with Gasteiger partial charge in [-0.05, 0) is 29.8 Å². The van der Waals surface area contributed by atoms with Gasteiger partial charge in [-0.3, -0.25) is 4.57 Å². The van der Waals surface area contributed by atoms with Crippen molar-refractivity contribution in [3.63, 3.8) is 0 Å². The van der Waals surface area contributed by atoms with Gasteiger partial charge >= 0.3 is 0 Å². The number of hydrogen-bond acceptors (Lipinski definition) is 7. The molecule has 8 nitrogen and oxygen atoms in total. The molecule has 0 saturated carbocycles. The van der Waals surface area contributed by atoms with Gasteiger partial charge < -0.3 is 9.47 Å². The van der Waals surface area contributed by atoms with Crippen LogP contribution in [0.4, 0.5) is 0 Å². The van der Waals surface area contributed by atoms with Crippen LogP contribution in [0.2, 0.25) is 0 Å². The fourth-order valence-corrected chi connectivity index (χ4v) is 5.54. The quantitative estimate of drug-likeness (QED) is 0.516. The summed E-state index contributed by atoms with van der Waals surface area (Å²) in [5, 5.41) is 8.93. The predicted molar refractivity (Wildman–Crippen MR) is 113 cm³/mol. The Labute approximate surface area is 179 Å². The van der Waals surface area contributed by atoms with Crippen LogP contribution in [0.3, 0.4) is 0 Å². The summed E-state index contributed by atoms with van der Waals surface area (Å²) < 4.78 is 39.8. The first kappa shape index (κ1) is 20.9. The minimum absolute atomic E-state index is 0.300. The molecule has 1 fully saturated rings. The summed E-state index contributed by atoms with van der Waals surface area (Å²) in [5.41, 5.74) is 1.74. The van der Waals surface area contributed by atoms with E-state index < -0.39 is 10.0 Å². The molecule has 0 radical (unpaired) electrons. The van der Waals surface area contributed by atoms with Crippen molar-refractivity contribution in [3.8, 4) is 11.4 Å². The lowest BCUT2D eigenvalue weighted by Gasteiger charge is -2.26. The molecule has 0 aliphatic carbocycles. The maximum atomic E-state index is 12.9. The number of sulfonamides is 1. The number of morpholine rings is 1. The van der Waals surface area contributed by atoms with Crippen molar-refractivity contribution in [2.24, 2.45) is 0 Å². The van der Waals surface area contributed by atoms with Crippen LogP contribution in [0, 0.1) is 0 Å². The van der Waals surface area contributed by atoms with Crippen LogP contribution in [0.15, 0.2) is 64.9 Å². The lowest BCUT2D eigenvalue weighted by atomic mass is 10.2. The van der Waals surface area contributed by atoms with Crippen molar-refractivity contribution >= 4 is 21.8 Å². The summed E-state index contributed by atoms with van der Waals surface area (Å²) in [4.78, 5) is 0.300. The molecule has 0 amide bonds. The maximum absolute atomic E-state index is 12.9. The highest BCUT2D eigenvalue weighted by molar-refractivity contribution is 7.98. The molecule has 0 spiro atoms. The van der Waals surface area contributed by atoms with Crippen molar-refractivity contribution in [3.05, 3.63) is 60.4 Å². The summed E-state index contributed by atoms with van der Waals surface area (Å²) in [6, 6.07) is 14.7. The minimum Gasteiger partial charge on any atom is -0.495 e. The number of aromatic nitrogens is 3. The zero-order valence-corrected chi connectivity index (χ0v) is 18.1. The van der Waals surface area contributed by atoms with Crippen LogP contribution >= 0.6 is 11.8 Å². The number of methoxy groups -OCH3 is 1. The summed E-state index contributed by atoms with van der Waals surface area (Å²) in [6.07, 6.45) is 1.64. The number of hydrogen-bond donors (Lipinski definition) is 0. The highest BCUT2D eigenvalue weighted by Gasteiger charge is 2.26. The van der Waals surface area contributed by atoms with Crippen LogP contribution < -0.4 is 4.74 Å². The third-order valence-corrected chi connectivity index (χ3v) is 7.64. The van der Waals surface area contributed by atoms with Gasteiger partial charge in [0.2, 0.25) is 10.0 Å². The molecule has 2 heterocycles. The second-order valence-corrected chi connectivity index (χ2v) is 9.49. The molecule has 30 heavy (non-hydrogen) atoms. The van der Waals surface area contributed by atoms with E-state index in [1.54, 1.807) is 31.6 Å². The van der Waals surface area contributed by atoms with E-state index in [4.69, 9.17) is 9.47 Å². The van der Waals surface area contributed by atoms with E-state index in [2.05, 4.69) is 10.2 Å². The first-order valence-electron chi connectivity index (χ1n) is 9.42. The molecule has 0 unspecified atom stereocenters. The van der Waals surface area contributed by atoms with E-state index in [9.17, 15) is 8.42 Å². The lowest BCUT2D eigenvalue weighted by molar-refractivity contribution is 0.0730. The van der Waals surface area contributed by atoms with Gasteiger partial charge in [0.1, 0.15) is 12.1 Å². The molecule has 0 atom stereocenters. The SMILES string of the molecule is COc1ccccc1-n1cnnc1SCc1cccc(S(=O)(=O)N2CCOCC2)c1. The largest absolute Gasteiger partial charge is 0.495 e. The van der Waals surface area contributed by atoms with Crippen LogP contribution in [-0.2, 0) is 20.5 Å². The molecule has 158 valence electrons. The molecule has 10 heteroatoms. The van der Waals surface area contributed by atoms with E-state index in [1.807, 2.05) is 34.9 Å².